The van der Waals surface area contributed by atoms with Crippen LogP contribution in [0.1, 0.15) is 23.2 Å². The Labute approximate surface area is 143 Å². The SMILES string of the molecule is CNCC1CCCN(C(=O)c2ccc(Oc3ccccc3)cc2)C1. The largest absolute Gasteiger partial charge is 0.457 e. The van der Waals surface area contributed by atoms with Crippen LogP contribution in [-0.4, -0.2) is 37.5 Å². The molecule has 0 aromatic heterocycles. The van der Waals surface area contributed by atoms with E-state index in [2.05, 4.69) is 5.32 Å². The fourth-order valence-corrected chi connectivity index (χ4v) is 3.18. The predicted molar refractivity (Wildman–Crippen MR) is 95.5 cm³/mol. The van der Waals surface area contributed by atoms with Crippen molar-refractivity contribution < 1.29 is 9.53 Å². The quantitative estimate of drug-likeness (QED) is 0.914. The molecule has 2 aromatic rings. The minimum atomic E-state index is 0.113. The molecule has 0 spiro atoms. The zero-order valence-corrected chi connectivity index (χ0v) is 14.1. The number of rotatable bonds is 5. The van der Waals surface area contributed by atoms with Crippen molar-refractivity contribution in [1.29, 1.82) is 0 Å². The van der Waals surface area contributed by atoms with E-state index in [4.69, 9.17) is 4.74 Å². The first-order chi connectivity index (χ1) is 11.8. The van der Waals surface area contributed by atoms with E-state index in [1.165, 1.54) is 6.42 Å². The summed E-state index contributed by atoms with van der Waals surface area (Å²) in [5.41, 5.74) is 0.723. The molecular formula is C20H24N2O2. The fraction of sp³-hybridized carbons (Fsp3) is 0.350. The van der Waals surface area contributed by atoms with Crippen molar-refractivity contribution in [1.82, 2.24) is 10.2 Å². The maximum Gasteiger partial charge on any atom is 0.253 e. The van der Waals surface area contributed by atoms with E-state index in [1.807, 2.05) is 66.5 Å². The normalized spacial score (nSPS) is 17.5. The lowest BCUT2D eigenvalue weighted by atomic mass is 9.97. The van der Waals surface area contributed by atoms with Gasteiger partial charge in [0, 0.05) is 18.7 Å². The van der Waals surface area contributed by atoms with E-state index in [-0.39, 0.29) is 5.91 Å². The van der Waals surface area contributed by atoms with E-state index in [0.29, 0.717) is 5.92 Å². The summed E-state index contributed by atoms with van der Waals surface area (Å²) in [4.78, 5) is 14.7. The van der Waals surface area contributed by atoms with Gasteiger partial charge in [-0.25, -0.2) is 0 Å². The number of hydrogen-bond donors (Lipinski definition) is 1. The molecule has 0 aliphatic carbocycles. The lowest BCUT2D eigenvalue weighted by Gasteiger charge is -2.32. The lowest BCUT2D eigenvalue weighted by Crippen LogP contribution is -2.42. The molecule has 2 aromatic carbocycles. The molecule has 1 heterocycles. The Morgan fingerprint density at radius 3 is 2.54 bits per heavy atom. The van der Waals surface area contributed by atoms with Gasteiger partial charge in [0.1, 0.15) is 11.5 Å². The minimum absolute atomic E-state index is 0.113. The molecule has 3 rings (SSSR count). The molecule has 0 radical (unpaired) electrons. The maximum atomic E-state index is 12.7. The molecule has 24 heavy (non-hydrogen) atoms. The first-order valence-corrected chi connectivity index (χ1v) is 8.53. The van der Waals surface area contributed by atoms with Gasteiger partial charge in [0.05, 0.1) is 0 Å². The number of piperidine rings is 1. The number of nitrogens with zero attached hydrogens (tertiary/aromatic N) is 1. The van der Waals surface area contributed by atoms with Crippen molar-refractivity contribution in [3.05, 3.63) is 60.2 Å². The molecule has 1 fully saturated rings. The van der Waals surface area contributed by atoms with Gasteiger partial charge in [-0.05, 0) is 68.8 Å². The van der Waals surface area contributed by atoms with Gasteiger partial charge >= 0.3 is 0 Å². The number of ether oxygens (including phenoxy) is 1. The van der Waals surface area contributed by atoms with Gasteiger partial charge in [-0.3, -0.25) is 4.79 Å². The fourth-order valence-electron chi connectivity index (χ4n) is 3.18. The van der Waals surface area contributed by atoms with Crippen molar-refractivity contribution in [3.63, 3.8) is 0 Å². The molecule has 1 atom stereocenters. The number of carbonyl (C=O) groups excluding carboxylic acids is 1. The summed E-state index contributed by atoms with van der Waals surface area (Å²) in [5, 5.41) is 3.21. The topological polar surface area (TPSA) is 41.6 Å². The highest BCUT2D eigenvalue weighted by Crippen LogP contribution is 2.23. The van der Waals surface area contributed by atoms with Crippen LogP contribution in [0.2, 0.25) is 0 Å². The molecule has 1 N–H and O–H groups in total. The molecule has 0 bridgehead atoms. The molecular weight excluding hydrogens is 300 g/mol. The van der Waals surface area contributed by atoms with Crippen molar-refractivity contribution >= 4 is 5.91 Å². The predicted octanol–water partition coefficient (Wildman–Crippen LogP) is 3.55. The maximum absolute atomic E-state index is 12.7. The van der Waals surface area contributed by atoms with E-state index < -0.39 is 0 Å². The highest BCUT2D eigenvalue weighted by atomic mass is 16.5. The monoisotopic (exact) mass is 324 g/mol. The van der Waals surface area contributed by atoms with Crippen LogP contribution in [0.25, 0.3) is 0 Å². The van der Waals surface area contributed by atoms with Crippen LogP contribution in [-0.2, 0) is 0 Å². The number of likely N-dealkylation sites (tertiary alicyclic amines) is 1. The van der Waals surface area contributed by atoms with Gasteiger partial charge in [0.15, 0.2) is 0 Å². The Morgan fingerprint density at radius 1 is 1.12 bits per heavy atom. The summed E-state index contributed by atoms with van der Waals surface area (Å²) in [7, 11) is 1.96. The average molecular weight is 324 g/mol. The van der Waals surface area contributed by atoms with E-state index in [1.54, 1.807) is 0 Å². The van der Waals surface area contributed by atoms with Gasteiger partial charge in [0.2, 0.25) is 0 Å². The van der Waals surface area contributed by atoms with E-state index in [0.717, 1.165) is 43.1 Å². The standard InChI is InChI=1S/C20H24N2O2/c1-21-14-16-6-5-13-22(15-16)20(23)17-9-11-19(12-10-17)24-18-7-3-2-4-8-18/h2-4,7-12,16,21H,5-6,13-15H2,1H3. The molecule has 1 saturated heterocycles. The van der Waals surface area contributed by atoms with Crippen molar-refractivity contribution in [2.45, 2.75) is 12.8 Å². The number of para-hydroxylation sites is 1. The molecule has 1 aliphatic rings. The van der Waals surface area contributed by atoms with Gasteiger partial charge in [-0.1, -0.05) is 18.2 Å². The van der Waals surface area contributed by atoms with Gasteiger partial charge in [-0.2, -0.15) is 0 Å². The van der Waals surface area contributed by atoms with Gasteiger partial charge in [-0.15, -0.1) is 0 Å². The third-order valence-electron chi connectivity index (χ3n) is 4.38. The molecule has 1 unspecified atom stereocenters. The average Bonchev–Trinajstić information content (AvgIpc) is 2.63. The number of amides is 1. The molecule has 1 amide bonds. The lowest BCUT2D eigenvalue weighted by molar-refractivity contribution is 0.0674. The molecule has 126 valence electrons. The van der Waals surface area contributed by atoms with E-state index >= 15 is 0 Å². The number of hydrogen-bond acceptors (Lipinski definition) is 3. The zero-order chi connectivity index (χ0) is 16.8. The Hall–Kier alpha value is -2.33. The zero-order valence-electron chi connectivity index (χ0n) is 14.1. The van der Waals surface area contributed by atoms with E-state index in [9.17, 15) is 4.79 Å². The van der Waals surface area contributed by atoms with Crippen molar-refractivity contribution in [2.24, 2.45) is 5.92 Å². The summed E-state index contributed by atoms with van der Waals surface area (Å²) in [6.45, 7) is 2.65. The highest BCUT2D eigenvalue weighted by molar-refractivity contribution is 5.94. The van der Waals surface area contributed by atoms with Crippen LogP contribution >= 0.6 is 0 Å². The Kier molecular flexibility index (Phi) is 5.49. The molecule has 4 heteroatoms. The van der Waals surface area contributed by atoms with Crippen molar-refractivity contribution in [3.8, 4) is 11.5 Å². The second-order valence-electron chi connectivity index (χ2n) is 6.26. The highest BCUT2D eigenvalue weighted by Gasteiger charge is 2.24. The second kappa shape index (κ2) is 7.97. The van der Waals surface area contributed by atoms with Crippen molar-refractivity contribution in [2.75, 3.05) is 26.7 Å². The number of nitrogens with one attached hydrogen (secondary N) is 1. The smallest absolute Gasteiger partial charge is 0.253 e. The first kappa shape index (κ1) is 16.5. The Balaban J connectivity index is 1.63. The third-order valence-corrected chi connectivity index (χ3v) is 4.38. The number of carbonyl (C=O) groups is 1. The van der Waals surface area contributed by atoms with Gasteiger partial charge < -0.3 is 15.0 Å². The van der Waals surface area contributed by atoms with Gasteiger partial charge in [0.25, 0.3) is 5.91 Å². The van der Waals surface area contributed by atoms with Crippen LogP contribution in [0.3, 0.4) is 0 Å². The second-order valence-corrected chi connectivity index (χ2v) is 6.26. The van der Waals surface area contributed by atoms with Crippen LogP contribution in [0, 0.1) is 5.92 Å². The van der Waals surface area contributed by atoms with Crippen LogP contribution in [0.4, 0.5) is 0 Å². The minimum Gasteiger partial charge on any atom is -0.457 e. The Morgan fingerprint density at radius 2 is 1.83 bits per heavy atom. The molecule has 1 aliphatic heterocycles. The molecule has 0 saturated carbocycles. The molecule has 4 nitrogen and oxygen atoms in total. The third kappa shape index (κ3) is 4.15. The summed E-state index contributed by atoms with van der Waals surface area (Å²) in [6.07, 6.45) is 2.27. The summed E-state index contributed by atoms with van der Waals surface area (Å²) < 4.78 is 5.77. The summed E-state index contributed by atoms with van der Waals surface area (Å²) >= 11 is 0. The first-order valence-electron chi connectivity index (χ1n) is 8.53. The van der Waals surface area contributed by atoms with Crippen LogP contribution in [0.5, 0.6) is 11.5 Å². The van der Waals surface area contributed by atoms with Crippen LogP contribution in [0.15, 0.2) is 54.6 Å². The summed E-state index contributed by atoms with van der Waals surface area (Å²) in [6, 6.07) is 17.1. The Bertz CT molecular complexity index is 653. The number of benzene rings is 2. The summed E-state index contributed by atoms with van der Waals surface area (Å²) in [5.74, 6) is 2.20. The van der Waals surface area contributed by atoms with Crippen LogP contribution < -0.4 is 10.1 Å².